The summed E-state index contributed by atoms with van der Waals surface area (Å²) in [5.41, 5.74) is 1.40. The molecule has 0 aliphatic heterocycles. The number of hydrogen-bond acceptors (Lipinski definition) is 5. The first kappa shape index (κ1) is 19.9. The number of rotatable bonds is 7. The molecule has 1 atom stereocenters. The van der Waals surface area contributed by atoms with Crippen molar-refractivity contribution in [2.75, 3.05) is 10.6 Å². The molecular weight excluding hydrogens is 382 g/mol. The lowest BCUT2D eigenvalue weighted by Crippen LogP contribution is -2.45. The average Bonchev–Trinajstić information content (AvgIpc) is 3.07. The molecule has 4 rings (SSSR count). The van der Waals surface area contributed by atoms with E-state index in [-0.39, 0.29) is 11.9 Å². The van der Waals surface area contributed by atoms with E-state index in [1.807, 2.05) is 35.9 Å². The fourth-order valence-corrected chi connectivity index (χ4v) is 4.36. The maximum atomic E-state index is 12.1. The zero-order chi connectivity index (χ0) is 21.3. The maximum absolute atomic E-state index is 12.1. The smallest absolute Gasteiger partial charge is 0.311 e. The van der Waals surface area contributed by atoms with E-state index in [1.165, 1.54) is 6.92 Å². The standard InChI is InChI=1S/C22H25N5O3/c1-3-18(22(20(29)30)9-5-10-22)27-11-8-15-13-23-21(26-19(15)27)25-17-7-4-6-16(12-17)24-14(2)28/h4,6-8,11-13,18H,3,5,9-10H2,1-2H3,(H,24,28)(H,29,30)(H,23,25,26). The normalized spacial score (nSPS) is 15.9. The monoisotopic (exact) mass is 407 g/mol. The number of nitrogens with zero attached hydrogens (tertiary/aromatic N) is 3. The van der Waals surface area contributed by atoms with Crippen LogP contribution in [0, 0.1) is 5.41 Å². The highest BCUT2D eigenvalue weighted by Crippen LogP contribution is 2.51. The zero-order valence-electron chi connectivity index (χ0n) is 17.1. The average molecular weight is 407 g/mol. The first-order valence-electron chi connectivity index (χ1n) is 10.1. The van der Waals surface area contributed by atoms with Crippen molar-refractivity contribution in [2.45, 2.75) is 45.6 Å². The number of carbonyl (C=O) groups is 2. The second kappa shape index (κ2) is 7.78. The predicted octanol–water partition coefficient (Wildman–Crippen LogP) is 4.34. The van der Waals surface area contributed by atoms with Crippen molar-refractivity contribution in [3.63, 3.8) is 0 Å². The Morgan fingerprint density at radius 1 is 1.27 bits per heavy atom. The van der Waals surface area contributed by atoms with Crippen LogP contribution in [0.15, 0.2) is 42.7 Å². The van der Waals surface area contributed by atoms with Gasteiger partial charge in [-0.2, -0.15) is 4.98 Å². The van der Waals surface area contributed by atoms with Crippen molar-refractivity contribution in [3.05, 3.63) is 42.7 Å². The molecule has 1 aliphatic carbocycles. The number of nitrogens with one attached hydrogen (secondary N) is 2. The van der Waals surface area contributed by atoms with Crippen molar-refractivity contribution >= 4 is 40.2 Å². The van der Waals surface area contributed by atoms with E-state index in [1.54, 1.807) is 18.3 Å². The molecule has 1 amide bonds. The first-order chi connectivity index (χ1) is 14.4. The van der Waals surface area contributed by atoms with E-state index in [2.05, 4.69) is 20.6 Å². The number of anilines is 3. The quantitative estimate of drug-likeness (QED) is 0.538. The van der Waals surface area contributed by atoms with Gasteiger partial charge in [0.15, 0.2) is 0 Å². The van der Waals surface area contributed by atoms with Crippen LogP contribution in [-0.4, -0.2) is 31.5 Å². The van der Waals surface area contributed by atoms with E-state index in [0.717, 1.165) is 17.5 Å². The number of hydrogen-bond donors (Lipinski definition) is 3. The Balaban J connectivity index is 1.66. The van der Waals surface area contributed by atoms with Gasteiger partial charge in [0, 0.05) is 36.1 Å². The zero-order valence-corrected chi connectivity index (χ0v) is 17.1. The minimum absolute atomic E-state index is 0.142. The Labute approximate surface area is 174 Å². The van der Waals surface area contributed by atoms with Gasteiger partial charge in [-0.1, -0.05) is 19.4 Å². The van der Waals surface area contributed by atoms with Crippen molar-refractivity contribution in [2.24, 2.45) is 5.41 Å². The molecule has 0 spiro atoms. The van der Waals surface area contributed by atoms with Crippen molar-refractivity contribution in [1.29, 1.82) is 0 Å². The van der Waals surface area contributed by atoms with Gasteiger partial charge in [-0.05, 0) is 43.5 Å². The molecule has 1 fully saturated rings. The molecule has 156 valence electrons. The highest BCUT2D eigenvalue weighted by atomic mass is 16.4. The van der Waals surface area contributed by atoms with Crippen LogP contribution >= 0.6 is 0 Å². The van der Waals surface area contributed by atoms with Gasteiger partial charge in [-0.25, -0.2) is 4.98 Å². The third kappa shape index (κ3) is 3.49. The number of carboxylic acids is 1. The summed E-state index contributed by atoms with van der Waals surface area (Å²) in [5.74, 6) is -0.462. The van der Waals surface area contributed by atoms with E-state index in [0.29, 0.717) is 36.5 Å². The molecular formula is C22H25N5O3. The topological polar surface area (TPSA) is 109 Å². The molecule has 0 radical (unpaired) electrons. The summed E-state index contributed by atoms with van der Waals surface area (Å²) in [6.07, 6.45) is 6.67. The maximum Gasteiger partial charge on any atom is 0.311 e. The van der Waals surface area contributed by atoms with E-state index >= 15 is 0 Å². The second-order valence-electron chi connectivity index (χ2n) is 7.82. The van der Waals surface area contributed by atoms with Gasteiger partial charge in [0.25, 0.3) is 0 Å². The van der Waals surface area contributed by atoms with Crippen LogP contribution in [0.25, 0.3) is 11.0 Å². The molecule has 2 heterocycles. The highest BCUT2D eigenvalue weighted by Gasteiger charge is 2.51. The summed E-state index contributed by atoms with van der Waals surface area (Å²) in [5, 5.41) is 16.7. The van der Waals surface area contributed by atoms with E-state index in [9.17, 15) is 14.7 Å². The Hall–Kier alpha value is -3.42. The molecule has 30 heavy (non-hydrogen) atoms. The molecule has 2 aromatic heterocycles. The molecule has 1 aliphatic rings. The van der Waals surface area contributed by atoms with Crippen LogP contribution in [-0.2, 0) is 9.59 Å². The molecule has 1 aromatic carbocycles. The number of fused-ring (bicyclic) bond motifs is 1. The molecule has 8 nitrogen and oxygen atoms in total. The Bertz CT molecular complexity index is 1100. The van der Waals surface area contributed by atoms with Crippen molar-refractivity contribution in [3.8, 4) is 0 Å². The molecule has 3 N–H and O–H groups in total. The Kier molecular flexibility index (Phi) is 5.15. The number of aliphatic carboxylic acids is 1. The molecule has 1 unspecified atom stereocenters. The summed E-state index contributed by atoms with van der Waals surface area (Å²) in [6, 6.07) is 9.06. The summed E-state index contributed by atoms with van der Waals surface area (Å²) in [6.45, 7) is 3.48. The summed E-state index contributed by atoms with van der Waals surface area (Å²) in [4.78, 5) is 32.4. The van der Waals surface area contributed by atoms with Crippen LogP contribution in [0.2, 0.25) is 0 Å². The van der Waals surface area contributed by atoms with Crippen LogP contribution in [0.1, 0.15) is 45.6 Å². The molecule has 3 aromatic rings. The van der Waals surface area contributed by atoms with Gasteiger partial charge in [0.05, 0.1) is 11.5 Å². The summed E-state index contributed by atoms with van der Waals surface area (Å²) >= 11 is 0. The van der Waals surface area contributed by atoms with Crippen LogP contribution < -0.4 is 10.6 Å². The largest absolute Gasteiger partial charge is 0.481 e. The molecule has 0 saturated heterocycles. The first-order valence-corrected chi connectivity index (χ1v) is 10.1. The fourth-order valence-electron chi connectivity index (χ4n) is 4.36. The third-order valence-electron chi connectivity index (χ3n) is 5.93. The van der Waals surface area contributed by atoms with Crippen LogP contribution in [0.3, 0.4) is 0 Å². The molecule has 0 bridgehead atoms. The van der Waals surface area contributed by atoms with E-state index < -0.39 is 11.4 Å². The van der Waals surface area contributed by atoms with Crippen molar-refractivity contribution in [1.82, 2.24) is 14.5 Å². The molecule has 8 heteroatoms. The molecule has 1 saturated carbocycles. The lowest BCUT2D eigenvalue weighted by Gasteiger charge is -2.44. The third-order valence-corrected chi connectivity index (χ3v) is 5.93. The predicted molar refractivity (Wildman–Crippen MR) is 115 cm³/mol. The highest BCUT2D eigenvalue weighted by molar-refractivity contribution is 5.89. The lowest BCUT2D eigenvalue weighted by molar-refractivity contribution is -0.159. The summed E-state index contributed by atoms with van der Waals surface area (Å²) in [7, 11) is 0. The second-order valence-corrected chi connectivity index (χ2v) is 7.82. The number of benzene rings is 1. The Morgan fingerprint density at radius 2 is 2.03 bits per heavy atom. The van der Waals surface area contributed by atoms with Gasteiger partial charge in [-0.3, -0.25) is 9.59 Å². The number of aromatic nitrogens is 3. The van der Waals surface area contributed by atoms with E-state index in [4.69, 9.17) is 0 Å². The van der Waals surface area contributed by atoms with Crippen molar-refractivity contribution < 1.29 is 14.7 Å². The van der Waals surface area contributed by atoms with Gasteiger partial charge in [0.1, 0.15) is 5.65 Å². The Morgan fingerprint density at radius 3 is 2.67 bits per heavy atom. The minimum Gasteiger partial charge on any atom is -0.481 e. The number of carboxylic acid groups (broad SMARTS) is 1. The van der Waals surface area contributed by atoms with Crippen LogP contribution in [0.5, 0.6) is 0 Å². The fraction of sp³-hybridized carbons (Fsp3) is 0.364. The number of amides is 1. The minimum atomic E-state index is -0.732. The van der Waals surface area contributed by atoms with Gasteiger partial charge in [0.2, 0.25) is 11.9 Å². The van der Waals surface area contributed by atoms with Gasteiger partial charge >= 0.3 is 5.97 Å². The lowest BCUT2D eigenvalue weighted by atomic mass is 9.63. The van der Waals surface area contributed by atoms with Gasteiger partial charge in [-0.15, -0.1) is 0 Å². The van der Waals surface area contributed by atoms with Crippen LogP contribution in [0.4, 0.5) is 17.3 Å². The SMILES string of the molecule is CCC(n1ccc2cnc(Nc3cccc(NC(C)=O)c3)nc21)C1(C(=O)O)CCC1. The summed E-state index contributed by atoms with van der Waals surface area (Å²) < 4.78 is 1.99. The van der Waals surface area contributed by atoms with Gasteiger partial charge < -0.3 is 20.3 Å². The number of carbonyl (C=O) groups excluding carboxylic acids is 1.